The number of rotatable bonds is 5. The quantitative estimate of drug-likeness (QED) is 0.866. The molecule has 0 aromatic heterocycles. The molecule has 1 amide bonds. The molecule has 0 bridgehead atoms. The Hall–Kier alpha value is -2.61. The molecule has 24 heavy (non-hydrogen) atoms. The van der Waals surface area contributed by atoms with E-state index in [1.165, 1.54) is 44.4 Å². The van der Waals surface area contributed by atoms with E-state index in [4.69, 9.17) is 4.74 Å². The molecule has 0 fully saturated rings. The molecule has 0 radical (unpaired) electrons. The van der Waals surface area contributed by atoms with E-state index in [1.807, 2.05) is 0 Å². The van der Waals surface area contributed by atoms with Crippen LogP contribution in [0.1, 0.15) is 12.5 Å². The topological polar surface area (TPSA) is 84.5 Å². The first-order valence-corrected chi connectivity index (χ1v) is 8.46. The van der Waals surface area contributed by atoms with Crippen molar-refractivity contribution in [1.82, 2.24) is 0 Å². The summed E-state index contributed by atoms with van der Waals surface area (Å²) in [5, 5.41) is 2.54. The van der Waals surface area contributed by atoms with E-state index in [2.05, 4.69) is 10.0 Å². The summed E-state index contributed by atoms with van der Waals surface area (Å²) in [7, 11) is -2.57. The average Bonchev–Trinajstić information content (AvgIpc) is 2.50. The Morgan fingerprint density at radius 2 is 1.88 bits per heavy atom. The third kappa shape index (κ3) is 4.02. The van der Waals surface area contributed by atoms with Gasteiger partial charge < -0.3 is 10.1 Å². The molecule has 6 nitrogen and oxygen atoms in total. The SMILES string of the molecule is COc1cc(S(=O)(=O)Nc2ccc(C)c(F)c2)ccc1NC(C)=O. The van der Waals surface area contributed by atoms with Gasteiger partial charge in [0.15, 0.2) is 0 Å². The van der Waals surface area contributed by atoms with E-state index >= 15 is 0 Å². The molecular weight excluding hydrogens is 335 g/mol. The summed E-state index contributed by atoms with van der Waals surface area (Å²) in [6.07, 6.45) is 0. The molecule has 0 unspecified atom stereocenters. The molecule has 0 aliphatic heterocycles. The van der Waals surface area contributed by atoms with Crippen LogP contribution < -0.4 is 14.8 Å². The Balaban J connectivity index is 2.34. The molecule has 0 saturated heterocycles. The van der Waals surface area contributed by atoms with Crippen molar-refractivity contribution in [2.24, 2.45) is 0 Å². The number of benzene rings is 2. The summed E-state index contributed by atoms with van der Waals surface area (Å²) < 4.78 is 45.8. The predicted molar refractivity (Wildman–Crippen MR) is 89.2 cm³/mol. The van der Waals surface area contributed by atoms with E-state index in [0.29, 0.717) is 11.3 Å². The summed E-state index contributed by atoms with van der Waals surface area (Å²) in [6, 6.07) is 8.08. The number of sulfonamides is 1. The molecule has 2 N–H and O–H groups in total. The molecule has 128 valence electrons. The number of hydrogen-bond donors (Lipinski definition) is 2. The number of halogens is 1. The van der Waals surface area contributed by atoms with Crippen LogP contribution in [-0.2, 0) is 14.8 Å². The highest BCUT2D eigenvalue weighted by atomic mass is 32.2. The van der Waals surface area contributed by atoms with Crippen molar-refractivity contribution in [2.75, 3.05) is 17.1 Å². The fourth-order valence-electron chi connectivity index (χ4n) is 2.00. The molecule has 2 aromatic carbocycles. The summed E-state index contributed by atoms with van der Waals surface area (Å²) in [5.41, 5.74) is 0.882. The van der Waals surface area contributed by atoms with Gasteiger partial charge >= 0.3 is 0 Å². The number of methoxy groups -OCH3 is 1. The van der Waals surface area contributed by atoms with Gasteiger partial charge in [-0.25, -0.2) is 12.8 Å². The number of hydrogen-bond acceptors (Lipinski definition) is 4. The Kier molecular flexibility index (Phi) is 5.08. The Morgan fingerprint density at radius 3 is 2.46 bits per heavy atom. The lowest BCUT2D eigenvalue weighted by Gasteiger charge is -2.13. The van der Waals surface area contributed by atoms with E-state index in [0.717, 1.165) is 6.07 Å². The fraction of sp³-hybridized carbons (Fsp3) is 0.188. The molecule has 0 aliphatic rings. The molecule has 0 atom stereocenters. The van der Waals surface area contributed by atoms with Gasteiger partial charge in [-0.2, -0.15) is 0 Å². The van der Waals surface area contributed by atoms with Gasteiger partial charge in [-0.05, 0) is 36.8 Å². The summed E-state index contributed by atoms with van der Waals surface area (Å²) in [5.74, 6) is -0.617. The molecule has 0 saturated carbocycles. The standard InChI is InChI=1S/C16H17FN2O4S/c1-10-4-5-12(8-14(10)17)19-24(21,22)13-6-7-15(18-11(2)20)16(9-13)23-3/h4-9,19H,1-3H3,(H,18,20). The first kappa shape index (κ1) is 17.7. The Bertz CT molecular complexity index is 882. The third-order valence-electron chi connectivity index (χ3n) is 3.22. The van der Waals surface area contributed by atoms with Crippen LogP contribution in [0.4, 0.5) is 15.8 Å². The Morgan fingerprint density at radius 1 is 1.17 bits per heavy atom. The van der Waals surface area contributed by atoms with Crippen molar-refractivity contribution < 1.29 is 22.3 Å². The summed E-state index contributed by atoms with van der Waals surface area (Å²) in [4.78, 5) is 11.1. The van der Waals surface area contributed by atoms with Gasteiger partial charge in [0.25, 0.3) is 10.0 Å². The second kappa shape index (κ2) is 6.88. The molecule has 8 heteroatoms. The van der Waals surface area contributed by atoms with Crippen molar-refractivity contribution in [2.45, 2.75) is 18.7 Å². The van der Waals surface area contributed by atoms with Crippen LogP contribution in [-0.4, -0.2) is 21.4 Å². The zero-order valence-electron chi connectivity index (χ0n) is 13.4. The molecule has 0 aliphatic carbocycles. The number of amides is 1. The zero-order valence-corrected chi connectivity index (χ0v) is 14.2. The maximum Gasteiger partial charge on any atom is 0.262 e. The lowest BCUT2D eigenvalue weighted by atomic mass is 10.2. The Labute approximate surface area is 139 Å². The van der Waals surface area contributed by atoms with Crippen LogP contribution in [0, 0.1) is 12.7 Å². The lowest BCUT2D eigenvalue weighted by Crippen LogP contribution is -2.14. The van der Waals surface area contributed by atoms with Crippen LogP contribution in [0.5, 0.6) is 5.75 Å². The van der Waals surface area contributed by atoms with E-state index in [-0.39, 0.29) is 22.2 Å². The van der Waals surface area contributed by atoms with Gasteiger partial charge in [-0.15, -0.1) is 0 Å². The van der Waals surface area contributed by atoms with Gasteiger partial charge in [0, 0.05) is 13.0 Å². The molecule has 0 heterocycles. The van der Waals surface area contributed by atoms with E-state index < -0.39 is 15.8 Å². The molecule has 0 spiro atoms. The van der Waals surface area contributed by atoms with Gasteiger partial charge in [0.05, 0.1) is 23.4 Å². The fourth-order valence-corrected chi connectivity index (χ4v) is 3.07. The summed E-state index contributed by atoms with van der Waals surface area (Å²) >= 11 is 0. The highest BCUT2D eigenvalue weighted by Gasteiger charge is 2.17. The number of carbonyl (C=O) groups is 1. The minimum absolute atomic E-state index is 0.0746. The van der Waals surface area contributed by atoms with Gasteiger partial charge in [-0.1, -0.05) is 6.07 Å². The van der Waals surface area contributed by atoms with Crippen LogP contribution >= 0.6 is 0 Å². The first-order valence-electron chi connectivity index (χ1n) is 6.97. The van der Waals surface area contributed by atoms with Crippen molar-refractivity contribution in [1.29, 1.82) is 0 Å². The van der Waals surface area contributed by atoms with Gasteiger partial charge in [0.2, 0.25) is 5.91 Å². The van der Waals surface area contributed by atoms with Crippen LogP contribution in [0.2, 0.25) is 0 Å². The first-order chi connectivity index (χ1) is 11.2. The van der Waals surface area contributed by atoms with Crippen molar-refractivity contribution in [3.8, 4) is 5.75 Å². The second-order valence-electron chi connectivity index (χ2n) is 5.11. The maximum atomic E-state index is 13.6. The van der Waals surface area contributed by atoms with Crippen molar-refractivity contribution in [3.05, 3.63) is 47.8 Å². The molecule has 2 aromatic rings. The predicted octanol–water partition coefficient (Wildman–Crippen LogP) is 2.90. The molecular formula is C16H17FN2O4S. The number of ether oxygens (including phenoxy) is 1. The second-order valence-corrected chi connectivity index (χ2v) is 6.80. The number of aryl methyl sites for hydroxylation is 1. The summed E-state index contributed by atoms with van der Waals surface area (Å²) in [6.45, 7) is 2.91. The monoisotopic (exact) mass is 352 g/mol. The van der Waals surface area contributed by atoms with Gasteiger partial charge in [0.1, 0.15) is 11.6 Å². The maximum absolute atomic E-state index is 13.6. The highest BCUT2D eigenvalue weighted by molar-refractivity contribution is 7.92. The minimum Gasteiger partial charge on any atom is -0.495 e. The van der Waals surface area contributed by atoms with Crippen molar-refractivity contribution >= 4 is 27.3 Å². The van der Waals surface area contributed by atoms with Gasteiger partial charge in [-0.3, -0.25) is 9.52 Å². The van der Waals surface area contributed by atoms with Crippen LogP contribution in [0.3, 0.4) is 0 Å². The zero-order chi connectivity index (χ0) is 17.9. The van der Waals surface area contributed by atoms with Crippen LogP contribution in [0.15, 0.2) is 41.3 Å². The lowest BCUT2D eigenvalue weighted by molar-refractivity contribution is -0.114. The average molecular weight is 352 g/mol. The van der Waals surface area contributed by atoms with Crippen LogP contribution in [0.25, 0.3) is 0 Å². The normalized spacial score (nSPS) is 11.0. The van der Waals surface area contributed by atoms with E-state index in [1.54, 1.807) is 6.92 Å². The third-order valence-corrected chi connectivity index (χ3v) is 4.60. The number of anilines is 2. The largest absolute Gasteiger partial charge is 0.495 e. The number of nitrogens with one attached hydrogen (secondary N) is 2. The minimum atomic E-state index is -3.93. The number of carbonyl (C=O) groups excluding carboxylic acids is 1. The van der Waals surface area contributed by atoms with Crippen molar-refractivity contribution in [3.63, 3.8) is 0 Å². The highest BCUT2D eigenvalue weighted by Crippen LogP contribution is 2.28. The van der Waals surface area contributed by atoms with E-state index in [9.17, 15) is 17.6 Å². The smallest absolute Gasteiger partial charge is 0.262 e. The molecule has 2 rings (SSSR count).